The number of H-pyrrole nitrogens is 1. The maximum absolute atomic E-state index is 12.6. The zero-order valence-electron chi connectivity index (χ0n) is 21.0. The Morgan fingerprint density at radius 1 is 0.923 bits per heavy atom. The maximum Gasteiger partial charge on any atom is 0.226 e. The van der Waals surface area contributed by atoms with Gasteiger partial charge in [0.1, 0.15) is 12.7 Å². The molecule has 0 aliphatic rings. The van der Waals surface area contributed by atoms with Crippen molar-refractivity contribution in [2.75, 3.05) is 18.4 Å². The van der Waals surface area contributed by atoms with E-state index in [0.717, 1.165) is 33.3 Å². The van der Waals surface area contributed by atoms with E-state index in [2.05, 4.69) is 36.3 Å². The van der Waals surface area contributed by atoms with Crippen LogP contribution in [0, 0.1) is 0 Å². The number of benzene rings is 3. The predicted molar refractivity (Wildman–Crippen MR) is 150 cm³/mol. The number of hydrogen-bond acceptors (Lipinski definition) is 6. The summed E-state index contributed by atoms with van der Waals surface area (Å²) in [4.78, 5) is 24.8. The third-order valence-corrected chi connectivity index (χ3v) is 6.50. The average Bonchev–Trinajstić information content (AvgIpc) is 3.64. The molecular weight excluding hydrogens is 516 g/mol. The van der Waals surface area contributed by atoms with E-state index in [1.165, 1.54) is 0 Å². The summed E-state index contributed by atoms with van der Waals surface area (Å²) >= 11 is 6.48. The number of nitrogens with one attached hydrogen (secondary N) is 4. The molecule has 39 heavy (non-hydrogen) atoms. The van der Waals surface area contributed by atoms with Crippen molar-refractivity contribution < 1.29 is 9.59 Å². The van der Waals surface area contributed by atoms with Crippen LogP contribution in [0.2, 0.25) is 5.02 Å². The molecule has 2 heterocycles. The molecule has 0 aliphatic heterocycles. The van der Waals surface area contributed by atoms with Gasteiger partial charge in [-0.1, -0.05) is 54.1 Å². The number of anilines is 1. The fourth-order valence-electron chi connectivity index (χ4n) is 4.19. The van der Waals surface area contributed by atoms with Gasteiger partial charge in [-0.2, -0.15) is 5.10 Å². The lowest BCUT2D eigenvalue weighted by molar-refractivity contribution is -0.121. The Labute approximate surface area is 229 Å². The van der Waals surface area contributed by atoms with E-state index in [0.29, 0.717) is 30.2 Å². The largest absolute Gasteiger partial charge is 0.356 e. The second-order valence-electron chi connectivity index (χ2n) is 8.95. The molecule has 0 radical (unpaired) electrons. The van der Waals surface area contributed by atoms with Crippen LogP contribution in [-0.2, 0) is 16.1 Å². The van der Waals surface area contributed by atoms with Gasteiger partial charge >= 0.3 is 0 Å². The van der Waals surface area contributed by atoms with Crippen molar-refractivity contribution in [2.24, 2.45) is 0 Å². The summed E-state index contributed by atoms with van der Waals surface area (Å²) in [5.74, 6) is -0.341. The SMILES string of the molecule is O=C(CCNCc1ccc(-c2ccccc2)c(Cl)c1)NCCC(=O)Nc1cc(-n2cnnc2)cc2[nH]ncc12. The van der Waals surface area contributed by atoms with Crippen LogP contribution in [0.25, 0.3) is 27.7 Å². The highest BCUT2D eigenvalue weighted by atomic mass is 35.5. The Balaban J connectivity index is 1.04. The third-order valence-electron chi connectivity index (χ3n) is 6.18. The van der Waals surface area contributed by atoms with Crippen LogP contribution in [0.4, 0.5) is 5.69 Å². The molecule has 0 saturated heterocycles. The smallest absolute Gasteiger partial charge is 0.226 e. The number of amides is 2. The van der Waals surface area contributed by atoms with Gasteiger partial charge in [0.25, 0.3) is 0 Å². The van der Waals surface area contributed by atoms with Gasteiger partial charge in [-0.25, -0.2) is 0 Å². The molecule has 0 atom stereocenters. The van der Waals surface area contributed by atoms with Crippen LogP contribution in [0.15, 0.2) is 79.5 Å². The third kappa shape index (κ3) is 6.67. The Morgan fingerprint density at radius 2 is 1.72 bits per heavy atom. The minimum atomic E-state index is -0.215. The molecule has 0 fully saturated rings. The van der Waals surface area contributed by atoms with E-state index >= 15 is 0 Å². The van der Waals surface area contributed by atoms with Crippen LogP contribution < -0.4 is 16.0 Å². The summed E-state index contributed by atoms with van der Waals surface area (Å²) in [7, 11) is 0. The van der Waals surface area contributed by atoms with Crippen molar-refractivity contribution >= 4 is 40.0 Å². The van der Waals surface area contributed by atoms with Crippen LogP contribution >= 0.6 is 11.6 Å². The van der Waals surface area contributed by atoms with Gasteiger partial charge in [-0.15, -0.1) is 10.2 Å². The number of rotatable bonds is 11. The molecule has 4 N–H and O–H groups in total. The zero-order valence-corrected chi connectivity index (χ0v) is 21.8. The number of nitrogens with zero attached hydrogens (tertiary/aromatic N) is 4. The monoisotopic (exact) mass is 542 g/mol. The van der Waals surface area contributed by atoms with E-state index in [-0.39, 0.29) is 24.8 Å². The molecule has 10 nitrogen and oxygen atoms in total. The number of fused-ring (bicyclic) bond motifs is 1. The highest BCUT2D eigenvalue weighted by Gasteiger charge is 2.11. The number of carbonyl (C=O) groups excluding carboxylic acids is 2. The Bertz CT molecular complexity index is 1570. The number of aromatic nitrogens is 5. The molecule has 5 aromatic rings. The van der Waals surface area contributed by atoms with Gasteiger partial charge in [-0.3, -0.25) is 19.3 Å². The highest BCUT2D eigenvalue weighted by molar-refractivity contribution is 6.33. The first kappa shape index (κ1) is 26.1. The quantitative estimate of drug-likeness (QED) is 0.186. The second-order valence-corrected chi connectivity index (χ2v) is 9.36. The van der Waals surface area contributed by atoms with Crippen LogP contribution in [-0.4, -0.2) is 49.9 Å². The number of halogens is 1. The Kier molecular flexibility index (Phi) is 8.25. The molecule has 0 bridgehead atoms. The molecule has 5 rings (SSSR count). The fourth-order valence-corrected chi connectivity index (χ4v) is 4.51. The molecule has 3 aromatic carbocycles. The lowest BCUT2D eigenvalue weighted by Crippen LogP contribution is -2.30. The van der Waals surface area contributed by atoms with Crippen LogP contribution in [0.3, 0.4) is 0 Å². The van der Waals surface area contributed by atoms with Gasteiger partial charge in [0.15, 0.2) is 0 Å². The summed E-state index contributed by atoms with van der Waals surface area (Å²) in [5, 5.41) is 25.1. The molecule has 0 unspecified atom stereocenters. The lowest BCUT2D eigenvalue weighted by atomic mass is 10.0. The first-order chi connectivity index (χ1) is 19.1. The van der Waals surface area contributed by atoms with Crippen molar-refractivity contribution in [3.63, 3.8) is 0 Å². The topological polar surface area (TPSA) is 130 Å². The molecule has 2 aromatic heterocycles. The van der Waals surface area contributed by atoms with E-state index in [9.17, 15) is 9.59 Å². The predicted octanol–water partition coefficient (Wildman–Crippen LogP) is 4.09. The summed E-state index contributed by atoms with van der Waals surface area (Å²) in [6.45, 7) is 1.34. The lowest BCUT2D eigenvalue weighted by Gasteiger charge is -2.10. The van der Waals surface area contributed by atoms with Crippen LogP contribution in [0.1, 0.15) is 18.4 Å². The van der Waals surface area contributed by atoms with Crippen molar-refractivity contribution in [3.8, 4) is 16.8 Å². The molecule has 0 spiro atoms. The molecular formula is C28H27ClN8O2. The minimum absolute atomic E-state index is 0.125. The number of hydrogen-bond donors (Lipinski definition) is 4. The van der Waals surface area contributed by atoms with Crippen molar-refractivity contribution in [2.45, 2.75) is 19.4 Å². The van der Waals surface area contributed by atoms with Gasteiger partial charge < -0.3 is 16.0 Å². The molecule has 11 heteroatoms. The van der Waals surface area contributed by atoms with Crippen molar-refractivity contribution in [1.29, 1.82) is 0 Å². The normalized spacial score (nSPS) is 11.0. The summed E-state index contributed by atoms with van der Waals surface area (Å²) in [5.41, 5.74) is 5.26. The second kappa shape index (κ2) is 12.3. The standard InChI is InChI=1S/C28H27ClN8O2/c29-24-12-19(6-7-22(24)20-4-2-1-3-5-20)15-30-10-8-27(38)31-11-9-28(39)35-25-13-21(37-17-33-34-18-37)14-26-23(25)16-32-36-26/h1-7,12-14,16-18,30H,8-11,15H2,(H,31,38)(H,32,36)(H,35,39). The maximum atomic E-state index is 12.6. The van der Waals surface area contributed by atoms with Gasteiger partial charge in [0.05, 0.1) is 23.1 Å². The first-order valence-electron chi connectivity index (χ1n) is 12.5. The van der Waals surface area contributed by atoms with E-state index in [4.69, 9.17) is 11.6 Å². The molecule has 0 saturated carbocycles. The van der Waals surface area contributed by atoms with Crippen LogP contribution in [0.5, 0.6) is 0 Å². The van der Waals surface area contributed by atoms with Gasteiger partial charge in [0, 0.05) is 48.4 Å². The molecule has 0 aliphatic carbocycles. The van der Waals surface area contributed by atoms with Crippen molar-refractivity contribution in [3.05, 3.63) is 90.1 Å². The van der Waals surface area contributed by atoms with E-state index in [1.54, 1.807) is 23.4 Å². The molecule has 2 amide bonds. The summed E-state index contributed by atoms with van der Waals surface area (Å²) in [6, 6.07) is 19.7. The minimum Gasteiger partial charge on any atom is -0.356 e. The Morgan fingerprint density at radius 3 is 2.51 bits per heavy atom. The summed E-state index contributed by atoms with van der Waals surface area (Å²) in [6.07, 6.45) is 5.24. The number of carbonyl (C=O) groups is 2. The fraction of sp³-hybridized carbons (Fsp3) is 0.179. The van der Waals surface area contributed by atoms with E-state index in [1.807, 2.05) is 60.7 Å². The van der Waals surface area contributed by atoms with E-state index < -0.39 is 0 Å². The number of aromatic amines is 1. The summed E-state index contributed by atoms with van der Waals surface area (Å²) < 4.78 is 1.73. The molecule has 198 valence electrons. The zero-order chi connectivity index (χ0) is 27.0. The van der Waals surface area contributed by atoms with Gasteiger partial charge in [-0.05, 0) is 29.3 Å². The Hall–Kier alpha value is -4.54. The average molecular weight is 543 g/mol. The first-order valence-corrected chi connectivity index (χ1v) is 12.9. The van der Waals surface area contributed by atoms with Gasteiger partial charge in [0.2, 0.25) is 11.8 Å². The van der Waals surface area contributed by atoms with Crippen molar-refractivity contribution in [1.82, 2.24) is 35.6 Å². The highest BCUT2D eigenvalue weighted by Crippen LogP contribution is 2.28.